The first-order chi connectivity index (χ1) is 8.22. The standard InChI is InChI=1S/C14H18FNO/c1-10-5-6-13(15)12(8-10)14(16-2)11-4-3-7-17-9-11/h5-6,8-9,14,16H,3-4,7H2,1-2H3. The summed E-state index contributed by atoms with van der Waals surface area (Å²) in [5.41, 5.74) is 2.88. The fraction of sp³-hybridized carbons (Fsp3) is 0.429. The van der Waals surface area contributed by atoms with E-state index in [-0.39, 0.29) is 11.9 Å². The largest absolute Gasteiger partial charge is 0.501 e. The molecule has 1 atom stereocenters. The number of likely N-dealkylation sites (N-methyl/N-ethyl adjacent to an activating group) is 1. The summed E-state index contributed by atoms with van der Waals surface area (Å²) in [6.45, 7) is 2.73. The maximum atomic E-state index is 13.9. The average molecular weight is 235 g/mol. The molecule has 0 saturated heterocycles. The number of rotatable bonds is 3. The van der Waals surface area contributed by atoms with Gasteiger partial charge in [0, 0.05) is 5.56 Å². The second-order valence-electron chi connectivity index (χ2n) is 4.41. The Morgan fingerprint density at radius 3 is 2.88 bits per heavy atom. The van der Waals surface area contributed by atoms with Crippen molar-refractivity contribution >= 4 is 0 Å². The van der Waals surface area contributed by atoms with Gasteiger partial charge in [0.05, 0.1) is 18.9 Å². The molecule has 0 saturated carbocycles. The van der Waals surface area contributed by atoms with Crippen LogP contribution in [0.2, 0.25) is 0 Å². The molecule has 1 aliphatic rings. The van der Waals surface area contributed by atoms with Gasteiger partial charge in [-0.25, -0.2) is 4.39 Å². The molecule has 0 fully saturated rings. The molecule has 0 aromatic heterocycles. The van der Waals surface area contributed by atoms with Gasteiger partial charge in [-0.05, 0) is 38.5 Å². The molecule has 2 rings (SSSR count). The van der Waals surface area contributed by atoms with Gasteiger partial charge in [0.15, 0.2) is 0 Å². The molecule has 2 nitrogen and oxygen atoms in total. The molecule has 1 aromatic carbocycles. The molecule has 1 heterocycles. The van der Waals surface area contributed by atoms with E-state index in [0.29, 0.717) is 5.56 Å². The predicted octanol–water partition coefficient (Wildman–Crippen LogP) is 3.09. The Kier molecular flexibility index (Phi) is 3.79. The maximum Gasteiger partial charge on any atom is 0.128 e. The zero-order valence-electron chi connectivity index (χ0n) is 10.3. The summed E-state index contributed by atoms with van der Waals surface area (Å²) in [6.07, 6.45) is 3.72. The lowest BCUT2D eigenvalue weighted by Gasteiger charge is -2.23. The van der Waals surface area contributed by atoms with E-state index >= 15 is 0 Å². The first kappa shape index (κ1) is 12.1. The van der Waals surface area contributed by atoms with Gasteiger partial charge in [-0.15, -0.1) is 0 Å². The number of ether oxygens (including phenoxy) is 1. The van der Waals surface area contributed by atoms with Crippen molar-refractivity contribution in [2.24, 2.45) is 0 Å². The van der Waals surface area contributed by atoms with Gasteiger partial charge in [0.1, 0.15) is 5.82 Å². The van der Waals surface area contributed by atoms with E-state index in [1.54, 1.807) is 12.3 Å². The van der Waals surface area contributed by atoms with Crippen LogP contribution in [0.25, 0.3) is 0 Å². The normalized spacial score (nSPS) is 17.2. The number of hydrogen-bond donors (Lipinski definition) is 1. The van der Waals surface area contributed by atoms with Crippen molar-refractivity contribution in [3.05, 3.63) is 47.0 Å². The lowest BCUT2D eigenvalue weighted by molar-refractivity contribution is 0.219. The smallest absolute Gasteiger partial charge is 0.128 e. The Hall–Kier alpha value is -1.35. The molecule has 1 aromatic rings. The Morgan fingerprint density at radius 1 is 1.41 bits per heavy atom. The molecular weight excluding hydrogens is 217 g/mol. The Bertz CT molecular complexity index is 428. The number of benzene rings is 1. The van der Waals surface area contributed by atoms with Crippen molar-refractivity contribution in [2.75, 3.05) is 13.7 Å². The third-order valence-electron chi connectivity index (χ3n) is 3.08. The first-order valence-corrected chi connectivity index (χ1v) is 5.96. The minimum absolute atomic E-state index is 0.0878. The molecular formula is C14H18FNO. The first-order valence-electron chi connectivity index (χ1n) is 5.96. The van der Waals surface area contributed by atoms with E-state index in [2.05, 4.69) is 5.32 Å². The fourth-order valence-corrected chi connectivity index (χ4v) is 2.22. The molecule has 0 bridgehead atoms. The Morgan fingerprint density at radius 2 is 2.24 bits per heavy atom. The van der Waals surface area contributed by atoms with Gasteiger partial charge < -0.3 is 10.1 Å². The Balaban J connectivity index is 2.34. The average Bonchev–Trinajstić information content (AvgIpc) is 2.36. The van der Waals surface area contributed by atoms with Gasteiger partial charge in [-0.3, -0.25) is 0 Å². The van der Waals surface area contributed by atoms with Crippen LogP contribution in [0.15, 0.2) is 30.0 Å². The fourth-order valence-electron chi connectivity index (χ4n) is 2.22. The summed E-state index contributed by atoms with van der Waals surface area (Å²) in [7, 11) is 1.85. The van der Waals surface area contributed by atoms with Crippen molar-refractivity contribution in [1.82, 2.24) is 5.32 Å². The third kappa shape index (κ3) is 2.67. The van der Waals surface area contributed by atoms with Crippen LogP contribution in [0.1, 0.15) is 30.0 Å². The molecule has 1 N–H and O–H groups in total. The molecule has 1 unspecified atom stereocenters. The highest BCUT2D eigenvalue weighted by Crippen LogP contribution is 2.29. The lowest BCUT2D eigenvalue weighted by atomic mass is 9.94. The summed E-state index contributed by atoms with van der Waals surface area (Å²) in [4.78, 5) is 0. The quantitative estimate of drug-likeness (QED) is 0.869. The molecule has 0 radical (unpaired) electrons. The Labute approximate surface area is 101 Å². The predicted molar refractivity (Wildman–Crippen MR) is 66.2 cm³/mol. The lowest BCUT2D eigenvalue weighted by Crippen LogP contribution is -2.22. The van der Waals surface area contributed by atoms with Crippen molar-refractivity contribution in [1.29, 1.82) is 0 Å². The number of aryl methyl sites for hydroxylation is 1. The number of hydrogen-bond acceptors (Lipinski definition) is 2. The topological polar surface area (TPSA) is 21.3 Å². The third-order valence-corrected chi connectivity index (χ3v) is 3.08. The van der Waals surface area contributed by atoms with Crippen LogP contribution in [0.5, 0.6) is 0 Å². The van der Waals surface area contributed by atoms with Crippen molar-refractivity contribution in [3.63, 3.8) is 0 Å². The molecule has 1 aliphatic heterocycles. The van der Waals surface area contributed by atoms with Crippen LogP contribution >= 0.6 is 0 Å². The van der Waals surface area contributed by atoms with Crippen LogP contribution in [0, 0.1) is 12.7 Å². The van der Waals surface area contributed by atoms with Gasteiger partial charge in [-0.1, -0.05) is 17.7 Å². The van der Waals surface area contributed by atoms with Gasteiger partial charge >= 0.3 is 0 Å². The summed E-state index contributed by atoms with van der Waals surface area (Å²) in [5, 5.41) is 3.17. The zero-order chi connectivity index (χ0) is 12.3. The molecule has 92 valence electrons. The second-order valence-corrected chi connectivity index (χ2v) is 4.41. The minimum atomic E-state index is -0.165. The monoisotopic (exact) mass is 235 g/mol. The highest BCUT2D eigenvalue weighted by atomic mass is 19.1. The van der Waals surface area contributed by atoms with Crippen LogP contribution in [0.4, 0.5) is 4.39 Å². The van der Waals surface area contributed by atoms with E-state index in [1.165, 1.54) is 6.07 Å². The highest BCUT2D eigenvalue weighted by Gasteiger charge is 2.20. The molecule has 0 amide bonds. The molecule has 3 heteroatoms. The van der Waals surface area contributed by atoms with Crippen LogP contribution in [0.3, 0.4) is 0 Å². The molecule has 0 spiro atoms. The van der Waals surface area contributed by atoms with E-state index in [1.807, 2.05) is 20.0 Å². The van der Waals surface area contributed by atoms with Crippen LogP contribution < -0.4 is 5.32 Å². The van der Waals surface area contributed by atoms with Crippen molar-refractivity contribution < 1.29 is 9.13 Å². The zero-order valence-corrected chi connectivity index (χ0v) is 10.3. The summed E-state index contributed by atoms with van der Waals surface area (Å²) in [6, 6.07) is 5.12. The molecule has 17 heavy (non-hydrogen) atoms. The van der Waals surface area contributed by atoms with E-state index in [9.17, 15) is 4.39 Å². The minimum Gasteiger partial charge on any atom is -0.501 e. The van der Waals surface area contributed by atoms with Gasteiger partial charge in [-0.2, -0.15) is 0 Å². The van der Waals surface area contributed by atoms with E-state index < -0.39 is 0 Å². The number of halogens is 1. The second kappa shape index (κ2) is 5.32. The van der Waals surface area contributed by atoms with E-state index in [4.69, 9.17) is 4.74 Å². The highest BCUT2D eigenvalue weighted by molar-refractivity contribution is 5.32. The number of nitrogens with one attached hydrogen (secondary N) is 1. The maximum absolute atomic E-state index is 13.9. The molecule has 0 aliphatic carbocycles. The summed E-state index contributed by atoms with van der Waals surface area (Å²) in [5.74, 6) is -0.165. The van der Waals surface area contributed by atoms with Crippen LogP contribution in [-0.4, -0.2) is 13.7 Å². The summed E-state index contributed by atoms with van der Waals surface area (Å²) >= 11 is 0. The van der Waals surface area contributed by atoms with Crippen molar-refractivity contribution in [2.45, 2.75) is 25.8 Å². The SMILES string of the molecule is CNC(C1=COCCC1)c1cc(C)ccc1F. The van der Waals surface area contributed by atoms with Crippen LogP contribution in [-0.2, 0) is 4.74 Å². The van der Waals surface area contributed by atoms with Gasteiger partial charge in [0.2, 0.25) is 0 Å². The van der Waals surface area contributed by atoms with E-state index in [0.717, 1.165) is 30.6 Å². The summed E-state index contributed by atoms with van der Waals surface area (Å²) < 4.78 is 19.2. The van der Waals surface area contributed by atoms with Gasteiger partial charge in [0.25, 0.3) is 0 Å². The van der Waals surface area contributed by atoms with Crippen molar-refractivity contribution in [3.8, 4) is 0 Å².